The average molecular weight is 212 g/mol. The number of hydrogen-bond acceptors (Lipinski definition) is 2. The fraction of sp³-hybridized carbons (Fsp3) is 0.917. The summed E-state index contributed by atoms with van der Waals surface area (Å²) in [6, 6.07) is 0.312. The molecule has 3 heteroatoms. The maximum absolute atomic E-state index is 11.9. The molecule has 1 fully saturated rings. The molecule has 0 radical (unpaired) electrons. The fourth-order valence-corrected chi connectivity index (χ4v) is 2.28. The molecular weight excluding hydrogens is 188 g/mol. The fourth-order valence-electron chi connectivity index (χ4n) is 2.28. The van der Waals surface area contributed by atoms with E-state index in [1.165, 1.54) is 0 Å². The average Bonchev–Trinajstić information content (AvgIpc) is 2.49. The van der Waals surface area contributed by atoms with Crippen LogP contribution in [0.15, 0.2) is 0 Å². The lowest BCUT2D eigenvalue weighted by atomic mass is 10.0. The monoisotopic (exact) mass is 212 g/mol. The molecule has 3 unspecified atom stereocenters. The van der Waals surface area contributed by atoms with Crippen molar-refractivity contribution in [3.63, 3.8) is 0 Å². The molecular formula is C12H24N2O. The first-order valence-corrected chi connectivity index (χ1v) is 6.04. The SMILES string of the molecule is CC(C)CC(C)NC(=O)C1NCCC1C. The Labute approximate surface area is 93.0 Å². The van der Waals surface area contributed by atoms with Crippen molar-refractivity contribution in [3.8, 4) is 0 Å². The Kier molecular flexibility index (Phi) is 4.58. The normalized spacial score (nSPS) is 28.1. The van der Waals surface area contributed by atoms with E-state index in [1.54, 1.807) is 0 Å². The Morgan fingerprint density at radius 2 is 2.13 bits per heavy atom. The predicted molar refractivity (Wildman–Crippen MR) is 62.6 cm³/mol. The Morgan fingerprint density at radius 1 is 1.47 bits per heavy atom. The van der Waals surface area contributed by atoms with Crippen LogP contribution in [0.25, 0.3) is 0 Å². The van der Waals surface area contributed by atoms with Gasteiger partial charge in [0.05, 0.1) is 6.04 Å². The van der Waals surface area contributed by atoms with Gasteiger partial charge in [-0.25, -0.2) is 0 Å². The van der Waals surface area contributed by atoms with Crippen molar-refractivity contribution < 1.29 is 4.79 Å². The molecule has 1 aliphatic heterocycles. The molecule has 0 aromatic carbocycles. The van der Waals surface area contributed by atoms with Crippen LogP contribution >= 0.6 is 0 Å². The van der Waals surface area contributed by atoms with Gasteiger partial charge in [0.2, 0.25) is 5.91 Å². The molecule has 3 nitrogen and oxygen atoms in total. The van der Waals surface area contributed by atoms with Crippen molar-refractivity contribution in [2.75, 3.05) is 6.54 Å². The molecule has 0 bridgehead atoms. The van der Waals surface area contributed by atoms with Crippen molar-refractivity contribution >= 4 is 5.91 Å². The van der Waals surface area contributed by atoms with Gasteiger partial charge >= 0.3 is 0 Å². The zero-order chi connectivity index (χ0) is 11.4. The number of nitrogens with one attached hydrogen (secondary N) is 2. The zero-order valence-corrected chi connectivity index (χ0v) is 10.3. The lowest BCUT2D eigenvalue weighted by molar-refractivity contribution is -0.124. The summed E-state index contributed by atoms with van der Waals surface area (Å²) in [5, 5.41) is 6.33. The molecule has 2 N–H and O–H groups in total. The molecule has 0 aromatic heterocycles. The van der Waals surface area contributed by atoms with Crippen molar-refractivity contribution in [3.05, 3.63) is 0 Å². The minimum absolute atomic E-state index is 0.0274. The van der Waals surface area contributed by atoms with E-state index in [2.05, 4.69) is 38.3 Å². The van der Waals surface area contributed by atoms with Crippen LogP contribution in [0.2, 0.25) is 0 Å². The van der Waals surface area contributed by atoms with Crippen LogP contribution in [0.5, 0.6) is 0 Å². The molecule has 0 aromatic rings. The van der Waals surface area contributed by atoms with Crippen molar-refractivity contribution in [1.82, 2.24) is 10.6 Å². The van der Waals surface area contributed by atoms with E-state index in [0.29, 0.717) is 11.8 Å². The zero-order valence-electron chi connectivity index (χ0n) is 10.3. The molecule has 3 atom stereocenters. The van der Waals surface area contributed by atoms with Crippen molar-refractivity contribution in [2.24, 2.45) is 11.8 Å². The molecule has 0 spiro atoms. The summed E-state index contributed by atoms with van der Waals surface area (Å²) in [7, 11) is 0. The second-order valence-corrected chi connectivity index (χ2v) is 5.24. The number of amides is 1. The first-order chi connectivity index (χ1) is 7.00. The van der Waals surface area contributed by atoms with Gasteiger partial charge in [-0.15, -0.1) is 0 Å². The summed E-state index contributed by atoms with van der Waals surface area (Å²) in [6.07, 6.45) is 2.16. The lowest BCUT2D eigenvalue weighted by Gasteiger charge is -2.20. The third-order valence-electron chi connectivity index (χ3n) is 3.03. The summed E-state index contributed by atoms with van der Waals surface area (Å²) in [4.78, 5) is 11.9. The van der Waals surface area contributed by atoms with Crippen LogP contribution in [0.1, 0.15) is 40.5 Å². The molecule has 1 rings (SSSR count). The van der Waals surface area contributed by atoms with Crippen LogP contribution in [-0.2, 0) is 4.79 Å². The van der Waals surface area contributed by atoms with E-state index in [9.17, 15) is 4.79 Å². The second kappa shape index (κ2) is 5.50. The summed E-state index contributed by atoms with van der Waals surface area (Å²) < 4.78 is 0. The van der Waals surface area contributed by atoms with E-state index in [-0.39, 0.29) is 18.0 Å². The summed E-state index contributed by atoms with van der Waals surface area (Å²) >= 11 is 0. The lowest BCUT2D eigenvalue weighted by Crippen LogP contribution is -2.46. The van der Waals surface area contributed by atoms with Gasteiger partial charge in [-0.05, 0) is 38.1 Å². The van der Waals surface area contributed by atoms with E-state index >= 15 is 0 Å². The largest absolute Gasteiger partial charge is 0.352 e. The Hall–Kier alpha value is -0.570. The van der Waals surface area contributed by atoms with Gasteiger partial charge in [0.15, 0.2) is 0 Å². The number of carbonyl (C=O) groups is 1. The summed E-state index contributed by atoms with van der Waals surface area (Å²) in [5.74, 6) is 1.28. The summed E-state index contributed by atoms with van der Waals surface area (Å²) in [6.45, 7) is 9.55. The molecule has 1 amide bonds. The minimum Gasteiger partial charge on any atom is -0.352 e. The first kappa shape index (κ1) is 12.5. The number of rotatable bonds is 4. The van der Waals surface area contributed by atoms with Gasteiger partial charge in [0.25, 0.3) is 0 Å². The van der Waals surface area contributed by atoms with Crippen molar-refractivity contribution in [1.29, 1.82) is 0 Å². The third kappa shape index (κ3) is 3.82. The number of hydrogen-bond donors (Lipinski definition) is 2. The highest BCUT2D eigenvalue weighted by molar-refractivity contribution is 5.82. The van der Waals surface area contributed by atoms with E-state index in [4.69, 9.17) is 0 Å². The molecule has 0 aliphatic carbocycles. The highest BCUT2D eigenvalue weighted by Crippen LogP contribution is 2.14. The van der Waals surface area contributed by atoms with Crippen molar-refractivity contribution in [2.45, 2.75) is 52.6 Å². The maximum atomic E-state index is 11.9. The Morgan fingerprint density at radius 3 is 2.60 bits per heavy atom. The van der Waals surface area contributed by atoms with Crippen LogP contribution < -0.4 is 10.6 Å². The van der Waals surface area contributed by atoms with Gasteiger partial charge in [0, 0.05) is 6.04 Å². The topological polar surface area (TPSA) is 41.1 Å². The van der Waals surface area contributed by atoms with E-state index in [0.717, 1.165) is 19.4 Å². The Bertz CT molecular complexity index is 216. The van der Waals surface area contributed by atoms with Crippen LogP contribution in [0, 0.1) is 11.8 Å². The summed E-state index contributed by atoms with van der Waals surface area (Å²) in [5.41, 5.74) is 0. The molecule has 1 saturated heterocycles. The van der Waals surface area contributed by atoms with Crippen LogP contribution in [0.4, 0.5) is 0 Å². The van der Waals surface area contributed by atoms with Gasteiger partial charge in [-0.2, -0.15) is 0 Å². The highest BCUT2D eigenvalue weighted by atomic mass is 16.2. The number of carbonyl (C=O) groups excluding carboxylic acids is 1. The van der Waals surface area contributed by atoms with Crippen LogP contribution in [-0.4, -0.2) is 24.5 Å². The molecule has 0 saturated carbocycles. The molecule has 15 heavy (non-hydrogen) atoms. The van der Waals surface area contributed by atoms with Gasteiger partial charge in [-0.3, -0.25) is 4.79 Å². The van der Waals surface area contributed by atoms with Gasteiger partial charge < -0.3 is 10.6 Å². The van der Waals surface area contributed by atoms with Gasteiger partial charge in [-0.1, -0.05) is 20.8 Å². The maximum Gasteiger partial charge on any atom is 0.237 e. The molecule has 1 heterocycles. The van der Waals surface area contributed by atoms with E-state index in [1.807, 2.05) is 0 Å². The van der Waals surface area contributed by atoms with Gasteiger partial charge in [0.1, 0.15) is 0 Å². The first-order valence-electron chi connectivity index (χ1n) is 6.04. The molecule has 1 aliphatic rings. The van der Waals surface area contributed by atoms with Crippen LogP contribution in [0.3, 0.4) is 0 Å². The smallest absolute Gasteiger partial charge is 0.237 e. The Balaban J connectivity index is 2.34. The quantitative estimate of drug-likeness (QED) is 0.742. The standard InChI is InChI=1S/C12H24N2O/c1-8(2)7-10(4)14-12(15)11-9(3)5-6-13-11/h8-11,13H,5-7H2,1-4H3,(H,14,15). The van der Waals surface area contributed by atoms with E-state index < -0.39 is 0 Å². The second-order valence-electron chi connectivity index (χ2n) is 5.24. The predicted octanol–water partition coefficient (Wildman–Crippen LogP) is 1.54. The molecule has 88 valence electrons. The minimum atomic E-state index is 0.0274. The highest BCUT2D eigenvalue weighted by Gasteiger charge is 2.29. The third-order valence-corrected chi connectivity index (χ3v) is 3.03.